The van der Waals surface area contributed by atoms with Gasteiger partial charge >= 0.3 is 0 Å². The molecule has 1 radical (unpaired) electrons. The second-order valence-electron chi connectivity index (χ2n) is 2.75. The minimum atomic E-state index is 1.08. The number of rotatable bonds is 0. The van der Waals surface area contributed by atoms with E-state index < -0.39 is 0 Å². The molecule has 0 fully saturated rings. The second kappa shape index (κ2) is 2.91. The summed E-state index contributed by atoms with van der Waals surface area (Å²) in [7, 11) is 0. The van der Waals surface area contributed by atoms with Crippen LogP contribution in [0.2, 0.25) is 0 Å². The fraction of sp³-hybridized carbons (Fsp3) is 0. The molecule has 0 saturated carbocycles. The summed E-state index contributed by atoms with van der Waals surface area (Å²) in [6, 6.07) is 12.3. The van der Waals surface area contributed by atoms with Gasteiger partial charge in [-0.25, -0.2) is 0 Å². The van der Waals surface area contributed by atoms with E-state index in [4.69, 9.17) is 0 Å². The Bertz CT molecular complexity index is 377. The van der Waals surface area contributed by atoms with Crippen molar-refractivity contribution >= 4 is 26.7 Å². The summed E-state index contributed by atoms with van der Waals surface area (Å²) < 4.78 is 1.13. The van der Waals surface area contributed by atoms with E-state index in [1.165, 1.54) is 10.8 Å². The van der Waals surface area contributed by atoms with Crippen molar-refractivity contribution in [3.63, 3.8) is 0 Å². The first-order chi connectivity index (χ1) is 5.79. The highest BCUT2D eigenvalue weighted by Gasteiger charge is 1.98. The Morgan fingerprint density at radius 3 is 2.33 bits per heavy atom. The molecule has 0 bridgehead atoms. The van der Waals surface area contributed by atoms with Gasteiger partial charge in [0, 0.05) is 4.47 Å². The van der Waals surface area contributed by atoms with E-state index in [1.807, 2.05) is 24.3 Å². The average molecular weight is 220 g/mol. The van der Waals surface area contributed by atoms with Gasteiger partial charge in [-0.05, 0) is 29.3 Å². The monoisotopic (exact) mass is 219 g/mol. The smallest absolute Gasteiger partial charge is 0.0253 e. The molecule has 0 aromatic heterocycles. The Balaban J connectivity index is 2.94. The lowest BCUT2D eigenvalue weighted by Gasteiger charge is -2.02. The topological polar surface area (TPSA) is 0 Å². The molecule has 0 aliphatic heterocycles. The molecule has 2 aromatic rings. The van der Waals surface area contributed by atoms with Crippen LogP contribution in [0.15, 0.2) is 40.9 Å². The maximum absolute atomic E-state index is 3.97. The summed E-state index contributed by atoms with van der Waals surface area (Å²) in [4.78, 5) is 0. The van der Waals surface area contributed by atoms with Crippen molar-refractivity contribution in [3.8, 4) is 0 Å². The van der Waals surface area contributed by atoms with Gasteiger partial charge in [0.05, 0.1) is 0 Å². The van der Waals surface area contributed by atoms with Crippen LogP contribution in [0.25, 0.3) is 10.8 Å². The quantitative estimate of drug-likeness (QED) is 0.633. The average Bonchev–Trinajstić information content (AvgIpc) is 2.07. The molecule has 0 spiro atoms. The number of benzene rings is 2. The minimum absolute atomic E-state index is 1.08. The fourth-order valence-electron chi connectivity index (χ4n) is 1.34. The van der Waals surface area contributed by atoms with Gasteiger partial charge in [0.25, 0.3) is 0 Å². The van der Waals surface area contributed by atoms with E-state index in [2.05, 4.69) is 35.0 Å². The van der Waals surface area contributed by atoms with Crippen molar-refractivity contribution in [3.05, 3.63) is 53.4 Å². The van der Waals surface area contributed by atoms with Gasteiger partial charge in [-0.15, -0.1) is 0 Å². The van der Waals surface area contributed by atoms with Crippen molar-refractivity contribution in [2.24, 2.45) is 0 Å². The van der Waals surface area contributed by atoms with Crippen LogP contribution in [0.1, 0.15) is 5.56 Å². The zero-order valence-electron chi connectivity index (χ0n) is 6.55. The summed E-state index contributed by atoms with van der Waals surface area (Å²) in [5.41, 5.74) is 1.08. The molecule has 1 heteroatoms. The summed E-state index contributed by atoms with van der Waals surface area (Å²) in [6.07, 6.45) is 0. The third kappa shape index (κ3) is 1.14. The van der Waals surface area contributed by atoms with Crippen LogP contribution in [0.4, 0.5) is 0 Å². The number of hydrogen-bond acceptors (Lipinski definition) is 0. The van der Waals surface area contributed by atoms with E-state index >= 15 is 0 Å². The van der Waals surface area contributed by atoms with Crippen LogP contribution in [0.3, 0.4) is 0 Å². The Hall–Kier alpha value is -0.820. The van der Waals surface area contributed by atoms with Crippen LogP contribution in [0.5, 0.6) is 0 Å². The summed E-state index contributed by atoms with van der Waals surface area (Å²) >= 11 is 3.50. The van der Waals surface area contributed by atoms with Crippen molar-refractivity contribution in [2.45, 2.75) is 0 Å². The highest BCUT2D eigenvalue weighted by molar-refractivity contribution is 9.10. The molecular formula is C11H8Br. The molecule has 2 rings (SSSR count). The predicted octanol–water partition coefficient (Wildman–Crippen LogP) is 3.78. The maximum Gasteiger partial charge on any atom is 0.0253 e. The molecule has 0 amide bonds. The molecule has 0 aliphatic rings. The second-order valence-corrected chi connectivity index (χ2v) is 3.61. The lowest BCUT2D eigenvalue weighted by Crippen LogP contribution is -1.77. The SMILES string of the molecule is [CH2]c1cccc2c(Br)cccc12. The summed E-state index contributed by atoms with van der Waals surface area (Å²) in [5, 5.41) is 2.44. The fourth-order valence-corrected chi connectivity index (χ4v) is 1.84. The van der Waals surface area contributed by atoms with Crippen molar-refractivity contribution in [1.29, 1.82) is 0 Å². The summed E-state index contributed by atoms with van der Waals surface area (Å²) in [6.45, 7) is 3.97. The lowest BCUT2D eigenvalue weighted by atomic mass is 10.1. The molecule has 2 aromatic carbocycles. The van der Waals surface area contributed by atoms with Crippen LogP contribution < -0.4 is 0 Å². The van der Waals surface area contributed by atoms with Crippen LogP contribution >= 0.6 is 15.9 Å². The first kappa shape index (κ1) is 7.81. The zero-order valence-corrected chi connectivity index (χ0v) is 8.14. The number of halogens is 1. The Labute approximate surface area is 80.3 Å². The van der Waals surface area contributed by atoms with E-state index in [1.54, 1.807) is 0 Å². The van der Waals surface area contributed by atoms with Gasteiger partial charge in [0.1, 0.15) is 0 Å². The predicted molar refractivity (Wildman–Crippen MR) is 56.1 cm³/mol. The third-order valence-electron chi connectivity index (χ3n) is 1.96. The lowest BCUT2D eigenvalue weighted by molar-refractivity contribution is 1.65. The van der Waals surface area contributed by atoms with Crippen LogP contribution in [-0.4, -0.2) is 0 Å². The molecule has 0 saturated heterocycles. The molecule has 0 N–H and O–H groups in total. The van der Waals surface area contributed by atoms with Gasteiger partial charge in [-0.3, -0.25) is 0 Å². The van der Waals surface area contributed by atoms with Gasteiger partial charge in [0.15, 0.2) is 0 Å². The number of hydrogen-bond donors (Lipinski definition) is 0. The van der Waals surface area contributed by atoms with Gasteiger partial charge in [-0.1, -0.05) is 46.3 Å². The van der Waals surface area contributed by atoms with Gasteiger partial charge in [-0.2, -0.15) is 0 Å². The van der Waals surface area contributed by atoms with E-state index in [-0.39, 0.29) is 0 Å². The molecular weight excluding hydrogens is 212 g/mol. The standard InChI is InChI=1S/C11H8Br/c1-8-4-2-6-10-9(8)5-3-7-11(10)12/h2-7H,1H2. The van der Waals surface area contributed by atoms with E-state index in [9.17, 15) is 0 Å². The first-order valence-electron chi connectivity index (χ1n) is 3.78. The highest BCUT2D eigenvalue weighted by atomic mass is 79.9. The maximum atomic E-state index is 3.97. The molecule has 59 valence electrons. The van der Waals surface area contributed by atoms with Gasteiger partial charge in [0.2, 0.25) is 0 Å². The first-order valence-corrected chi connectivity index (χ1v) is 4.57. The van der Waals surface area contributed by atoms with Crippen LogP contribution in [-0.2, 0) is 0 Å². The third-order valence-corrected chi connectivity index (χ3v) is 2.65. The minimum Gasteiger partial charge on any atom is -0.0613 e. The molecule has 0 aliphatic carbocycles. The van der Waals surface area contributed by atoms with Crippen molar-refractivity contribution in [2.75, 3.05) is 0 Å². The Kier molecular flexibility index (Phi) is 1.89. The van der Waals surface area contributed by atoms with E-state index in [0.29, 0.717) is 0 Å². The largest absolute Gasteiger partial charge is 0.0613 e. The molecule has 0 atom stereocenters. The zero-order chi connectivity index (χ0) is 8.55. The number of fused-ring (bicyclic) bond motifs is 1. The van der Waals surface area contributed by atoms with Gasteiger partial charge < -0.3 is 0 Å². The molecule has 0 unspecified atom stereocenters. The highest BCUT2D eigenvalue weighted by Crippen LogP contribution is 2.25. The van der Waals surface area contributed by atoms with Crippen LogP contribution in [0, 0.1) is 6.92 Å². The summed E-state index contributed by atoms with van der Waals surface area (Å²) in [5.74, 6) is 0. The van der Waals surface area contributed by atoms with Crippen molar-refractivity contribution in [1.82, 2.24) is 0 Å². The Morgan fingerprint density at radius 2 is 1.58 bits per heavy atom. The Morgan fingerprint density at radius 1 is 0.917 bits per heavy atom. The molecule has 0 nitrogen and oxygen atoms in total. The molecule has 0 heterocycles. The molecule has 12 heavy (non-hydrogen) atoms. The van der Waals surface area contributed by atoms with Crippen molar-refractivity contribution < 1.29 is 0 Å². The van der Waals surface area contributed by atoms with E-state index in [0.717, 1.165) is 10.0 Å². The normalized spacial score (nSPS) is 10.5.